The summed E-state index contributed by atoms with van der Waals surface area (Å²) in [6, 6.07) is 16.1. The summed E-state index contributed by atoms with van der Waals surface area (Å²) in [5.41, 5.74) is 0.627. The highest BCUT2D eigenvalue weighted by Gasteiger charge is 2.29. The largest absolute Gasteiger partial charge is 0.484 e. The maximum atomic E-state index is 12.7. The summed E-state index contributed by atoms with van der Waals surface area (Å²) in [5.74, 6) is -0.215. The van der Waals surface area contributed by atoms with Crippen molar-refractivity contribution in [1.29, 1.82) is 0 Å². The highest BCUT2D eigenvalue weighted by molar-refractivity contribution is 5.93. The molecule has 152 valence electrons. The number of ether oxygens (including phenoxy) is 1. The Balaban J connectivity index is 1.46. The number of carbonyl (C=O) groups is 1. The number of aromatic nitrogens is 1. The fourth-order valence-electron chi connectivity index (χ4n) is 3.08. The summed E-state index contributed by atoms with van der Waals surface area (Å²) < 4.78 is 43.2. The number of pyridine rings is 1. The van der Waals surface area contributed by atoms with E-state index in [0.717, 1.165) is 17.6 Å². The fourth-order valence-corrected chi connectivity index (χ4v) is 3.08. The summed E-state index contributed by atoms with van der Waals surface area (Å²) >= 11 is 0. The van der Waals surface area contributed by atoms with Gasteiger partial charge in [0.2, 0.25) is 0 Å². The molecule has 4 rings (SSSR count). The molecule has 1 aromatic heterocycles. The third-order valence-electron chi connectivity index (χ3n) is 4.54. The average Bonchev–Trinajstić information content (AvgIpc) is 2.72. The average molecular weight is 412 g/mol. The van der Waals surface area contributed by atoms with Crippen molar-refractivity contribution in [1.82, 2.24) is 4.98 Å². The number of halogens is 3. The van der Waals surface area contributed by atoms with Gasteiger partial charge in [-0.3, -0.25) is 9.59 Å². The van der Waals surface area contributed by atoms with Crippen molar-refractivity contribution in [3.8, 4) is 5.75 Å². The van der Waals surface area contributed by atoms with E-state index in [2.05, 4.69) is 10.3 Å². The van der Waals surface area contributed by atoms with E-state index in [1.165, 1.54) is 12.1 Å². The maximum Gasteiger partial charge on any atom is 0.416 e. The first kappa shape index (κ1) is 19.5. The van der Waals surface area contributed by atoms with Crippen LogP contribution in [0.3, 0.4) is 0 Å². The highest BCUT2D eigenvalue weighted by atomic mass is 19.4. The monoisotopic (exact) mass is 412 g/mol. The number of anilines is 1. The summed E-state index contributed by atoms with van der Waals surface area (Å²) in [4.78, 5) is 27.9. The first-order valence-electron chi connectivity index (χ1n) is 8.96. The predicted molar refractivity (Wildman–Crippen MR) is 108 cm³/mol. The Bertz CT molecular complexity index is 1300. The molecular formula is C22H15F3N2O3. The summed E-state index contributed by atoms with van der Waals surface area (Å²) in [5, 5.41) is 3.43. The van der Waals surface area contributed by atoms with Gasteiger partial charge in [0, 0.05) is 22.0 Å². The molecule has 0 radical (unpaired) electrons. The highest BCUT2D eigenvalue weighted by Crippen LogP contribution is 2.29. The number of benzene rings is 3. The molecule has 0 unspecified atom stereocenters. The van der Waals surface area contributed by atoms with Crippen LogP contribution < -0.4 is 15.5 Å². The lowest BCUT2D eigenvalue weighted by Crippen LogP contribution is -2.20. The number of carbonyl (C=O) groups excluding carboxylic acids is 1. The zero-order chi connectivity index (χ0) is 21.3. The summed E-state index contributed by atoms with van der Waals surface area (Å²) in [6.07, 6.45) is -4.44. The van der Waals surface area contributed by atoms with Gasteiger partial charge < -0.3 is 15.0 Å². The molecule has 8 heteroatoms. The van der Waals surface area contributed by atoms with E-state index in [-0.39, 0.29) is 17.7 Å². The van der Waals surface area contributed by atoms with Crippen LogP contribution in [0.5, 0.6) is 5.75 Å². The third kappa shape index (κ3) is 3.98. The van der Waals surface area contributed by atoms with E-state index in [1.807, 2.05) is 12.1 Å². The number of hydrogen-bond donors (Lipinski definition) is 2. The number of rotatable bonds is 4. The molecule has 1 heterocycles. The van der Waals surface area contributed by atoms with E-state index in [4.69, 9.17) is 4.74 Å². The minimum Gasteiger partial charge on any atom is -0.484 e. The van der Waals surface area contributed by atoms with Gasteiger partial charge in [-0.05, 0) is 54.6 Å². The third-order valence-corrected chi connectivity index (χ3v) is 4.54. The molecule has 0 spiro atoms. The van der Waals surface area contributed by atoms with Gasteiger partial charge in [-0.2, -0.15) is 13.2 Å². The number of fused-ring (bicyclic) bond motifs is 2. The van der Waals surface area contributed by atoms with E-state index in [0.29, 0.717) is 22.0 Å². The quantitative estimate of drug-likeness (QED) is 0.477. The number of H-pyrrole nitrogens is 1. The molecule has 0 aliphatic rings. The fraction of sp³-hybridized carbons (Fsp3) is 0.0909. The Morgan fingerprint density at radius 2 is 1.63 bits per heavy atom. The van der Waals surface area contributed by atoms with Crippen LogP contribution >= 0.6 is 0 Å². The Morgan fingerprint density at radius 1 is 0.933 bits per heavy atom. The summed E-state index contributed by atoms with van der Waals surface area (Å²) in [6.45, 7) is -0.363. The van der Waals surface area contributed by atoms with Crippen molar-refractivity contribution in [2.75, 3.05) is 11.9 Å². The molecule has 3 aromatic carbocycles. The first-order valence-corrected chi connectivity index (χ1v) is 8.96. The zero-order valence-electron chi connectivity index (χ0n) is 15.4. The maximum absolute atomic E-state index is 12.7. The van der Waals surface area contributed by atoms with Gasteiger partial charge in [0.25, 0.3) is 5.91 Å². The number of aromatic amines is 1. The topological polar surface area (TPSA) is 71.2 Å². The summed E-state index contributed by atoms with van der Waals surface area (Å²) in [7, 11) is 0. The van der Waals surface area contributed by atoms with E-state index in [1.54, 1.807) is 30.3 Å². The molecule has 0 aliphatic heterocycles. The molecule has 0 bridgehead atoms. The van der Waals surface area contributed by atoms with Crippen molar-refractivity contribution >= 4 is 33.4 Å². The number of amides is 1. The van der Waals surface area contributed by atoms with Gasteiger partial charge >= 0.3 is 6.18 Å². The van der Waals surface area contributed by atoms with E-state index >= 15 is 0 Å². The van der Waals surface area contributed by atoms with Crippen LogP contribution in [0.25, 0.3) is 21.8 Å². The van der Waals surface area contributed by atoms with Crippen LogP contribution in [0.2, 0.25) is 0 Å². The zero-order valence-corrected chi connectivity index (χ0v) is 15.4. The lowest BCUT2D eigenvalue weighted by atomic mass is 10.1. The van der Waals surface area contributed by atoms with Gasteiger partial charge in [-0.25, -0.2) is 0 Å². The molecule has 0 saturated carbocycles. The van der Waals surface area contributed by atoms with Crippen LogP contribution in [-0.4, -0.2) is 17.5 Å². The molecule has 1 amide bonds. The van der Waals surface area contributed by atoms with Crippen molar-refractivity contribution in [2.24, 2.45) is 0 Å². The predicted octanol–water partition coefficient (Wildman–Crippen LogP) is 4.72. The van der Waals surface area contributed by atoms with Gasteiger partial charge in [0.15, 0.2) is 12.0 Å². The number of hydrogen-bond acceptors (Lipinski definition) is 3. The van der Waals surface area contributed by atoms with E-state index in [9.17, 15) is 22.8 Å². The van der Waals surface area contributed by atoms with Gasteiger partial charge in [-0.15, -0.1) is 0 Å². The number of para-hydroxylation sites is 1. The van der Waals surface area contributed by atoms with Gasteiger partial charge in [-0.1, -0.05) is 12.1 Å². The molecule has 0 fully saturated rings. The molecule has 4 aromatic rings. The van der Waals surface area contributed by atoms with Crippen LogP contribution in [0.15, 0.2) is 71.5 Å². The van der Waals surface area contributed by atoms with Crippen molar-refractivity contribution in [2.45, 2.75) is 6.18 Å². The second-order valence-corrected chi connectivity index (χ2v) is 6.62. The molecule has 0 aliphatic carbocycles. The molecule has 0 saturated heterocycles. The van der Waals surface area contributed by atoms with E-state index < -0.39 is 17.6 Å². The number of nitrogens with one attached hydrogen (secondary N) is 2. The smallest absolute Gasteiger partial charge is 0.416 e. The Morgan fingerprint density at radius 3 is 2.37 bits per heavy atom. The van der Waals surface area contributed by atoms with Crippen LogP contribution in [0.4, 0.5) is 18.9 Å². The molecule has 30 heavy (non-hydrogen) atoms. The normalized spacial score (nSPS) is 11.6. The molecular weight excluding hydrogens is 397 g/mol. The second-order valence-electron chi connectivity index (χ2n) is 6.62. The van der Waals surface area contributed by atoms with Crippen molar-refractivity contribution in [3.63, 3.8) is 0 Å². The van der Waals surface area contributed by atoms with Crippen LogP contribution in [-0.2, 0) is 11.0 Å². The minimum atomic E-state index is -4.44. The van der Waals surface area contributed by atoms with Crippen LogP contribution in [0.1, 0.15) is 5.56 Å². The second kappa shape index (κ2) is 7.55. The lowest BCUT2D eigenvalue weighted by Gasteiger charge is -2.10. The van der Waals surface area contributed by atoms with Crippen molar-refractivity contribution < 1.29 is 22.7 Å². The molecule has 0 atom stereocenters. The first-order chi connectivity index (χ1) is 14.3. The van der Waals surface area contributed by atoms with Crippen molar-refractivity contribution in [3.05, 3.63) is 82.5 Å². The van der Waals surface area contributed by atoms with Gasteiger partial charge in [0.05, 0.1) is 11.1 Å². The number of alkyl halides is 3. The van der Waals surface area contributed by atoms with Crippen LogP contribution in [0, 0.1) is 0 Å². The Hall–Kier alpha value is -3.81. The Labute approximate surface area is 168 Å². The minimum absolute atomic E-state index is 0.154. The lowest BCUT2D eigenvalue weighted by molar-refractivity contribution is -0.137. The SMILES string of the molecule is O=C(COc1ccc2[nH]c3ccccc3c(=O)c2c1)Nc1ccc(C(F)(F)F)cc1. The standard InChI is InChI=1S/C22H15F3N2O3/c23-22(24,25)13-5-7-14(8-6-13)26-20(28)12-30-15-9-10-19-17(11-15)21(29)16-3-1-2-4-18(16)27-19/h1-11H,12H2,(H,26,28)(H,27,29). The van der Waals surface area contributed by atoms with Gasteiger partial charge in [0.1, 0.15) is 5.75 Å². The Kier molecular flexibility index (Phi) is 4.91. The molecule has 2 N–H and O–H groups in total. The molecule has 5 nitrogen and oxygen atoms in total.